The lowest BCUT2D eigenvalue weighted by molar-refractivity contribution is 0.0369. The summed E-state index contributed by atoms with van der Waals surface area (Å²) in [4.78, 5) is 24.3. The molecule has 0 radical (unpaired) electrons. The highest BCUT2D eigenvalue weighted by Gasteiger charge is 2.36. The number of carboxylic acid groups (broad SMARTS) is 1. The number of carboxylic acids is 1. The number of halogens is 1. The number of nitrogens with one attached hydrogen (secondary N) is 2. The Morgan fingerprint density at radius 2 is 1.75 bits per heavy atom. The number of piperidine rings is 2. The molecule has 2 aromatic carbocycles. The van der Waals surface area contributed by atoms with Gasteiger partial charge in [0.2, 0.25) is 5.95 Å². The van der Waals surface area contributed by atoms with Crippen molar-refractivity contribution in [2.45, 2.75) is 108 Å². The summed E-state index contributed by atoms with van der Waals surface area (Å²) < 4.78 is 16.3. The highest BCUT2D eigenvalue weighted by atomic mass is 19.1. The van der Waals surface area contributed by atoms with Crippen molar-refractivity contribution >= 4 is 17.7 Å². The van der Waals surface area contributed by atoms with E-state index in [0.717, 1.165) is 66.1 Å². The van der Waals surface area contributed by atoms with Crippen molar-refractivity contribution < 1.29 is 14.3 Å². The van der Waals surface area contributed by atoms with Gasteiger partial charge in [-0.05, 0) is 100 Å². The van der Waals surface area contributed by atoms with Crippen LogP contribution in [-0.4, -0.2) is 54.4 Å². The van der Waals surface area contributed by atoms with Gasteiger partial charge in [-0.1, -0.05) is 37.1 Å². The first-order chi connectivity index (χ1) is 23.3. The van der Waals surface area contributed by atoms with Crippen molar-refractivity contribution in [1.29, 1.82) is 0 Å². The first-order valence-electron chi connectivity index (χ1n) is 17.6. The molecule has 48 heavy (non-hydrogen) atoms. The molecule has 2 saturated heterocycles. The Balaban J connectivity index is 1.23. The summed E-state index contributed by atoms with van der Waals surface area (Å²) in [5.41, 5.74) is 5.45. The van der Waals surface area contributed by atoms with Crippen molar-refractivity contribution in [2.75, 3.05) is 17.2 Å². The van der Waals surface area contributed by atoms with E-state index in [9.17, 15) is 14.3 Å². The van der Waals surface area contributed by atoms with Crippen molar-refractivity contribution in [1.82, 2.24) is 24.6 Å². The Morgan fingerprint density at radius 1 is 1.00 bits per heavy atom. The Bertz CT molecular complexity index is 1720. The lowest BCUT2D eigenvalue weighted by Crippen LogP contribution is -2.51. The van der Waals surface area contributed by atoms with Crippen molar-refractivity contribution in [2.24, 2.45) is 0 Å². The number of fused-ring (bicyclic) bond motifs is 3. The van der Waals surface area contributed by atoms with Crippen LogP contribution in [0.15, 0.2) is 60.9 Å². The van der Waals surface area contributed by atoms with Crippen LogP contribution in [0.1, 0.15) is 115 Å². The predicted octanol–water partition coefficient (Wildman–Crippen LogP) is 7.54. The number of aromatic nitrogens is 4. The van der Waals surface area contributed by atoms with Gasteiger partial charge in [-0.15, -0.1) is 0 Å². The first kappa shape index (κ1) is 32.2. The maximum absolute atomic E-state index is 14.3. The zero-order valence-electron chi connectivity index (χ0n) is 27.9. The number of hydrogen-bond acceptors (Lipinski definition) is 7. The van der Waals surface area contributed by atoms with Gasteiger partial charge in [-0.3, -0.25) is 9.58 Å². The first-order valence-corrected chi connectivity index (χ1v) is 17.6. The average molecular weight is 652 g/mol. The zero-order chi connectivity index (χ0) is 33.2. The van der Waals surface area contributed by atoms with E-state index >= 15 is 0 Å². The molecule has 3 atom stereocenters. The second-order valence-corrected chi connectivity index (χ2v) is 13.8. The number of aromatic carboxylic acids is 1. The molecule has 9 nitrogen and oxygen atoms in total. The Hall–Kier alpha value is -4.31. The summed E-state index contributed by atoms with van der Waals surface area (Å²) in [5.74, 6) is 0.365. The van der Waals surface area contributed by atoms with E-state index in [0.29, 0.717) is 18.0 Å². The number of anilines is 2. The molecule has 7 rings (SSSR count). The Morgan fingerprint density at radius 3 is 2.42 bits per heavy atom. The van der Waals surface area contributed by atoms with E-state index in [2.05, 4.69) is 33.8 Å². The Kier molecular flexibility index (Phi) is 9.43. The summed E-state index contributed by atoms with van der Waals surface area (Å²) >= 11 is 0. The fourth-order valence-electron chi connectivity index (χ4n) is 8.10. The molecule has 252 valence electrons. The Labute approximate surface area is 282 Å². The zero-order valence-corrected chi connectivity index (χ0v) is 27.9. The molecule has 0 unspecified atom stereocenters. The topological polar surface area (TPSA) is 108 Å². The number of carbonyl (C=O) groups is 1. The standard InChI is InChI=1S/C38H46FN7O2/c1-3-45-22-29(21-40-45)35(23-46-31-9-5-10-32(46)12-6-11-31)42-36-33-20-28(27-7-4-8-30(39)19-27)17-18-34(33)43-38(44-36)41-24(2)25-13-15-26(16-14-25)37(47)48/h4,7-8,13-16,19,21-22,24,28,31-32,35H,3,5-6,9-12,17-18,20,23H2,1-2H3,(H,47,48)(H2,41,42,43,44)/t24-,28-,31?,32?,35+/m1/s1. The normalized spacial score (nSPS) is 22.0. The fourth-order valence-corrected chi connectivity index (χ4v) is 8.10. The van der Waals surface area contributed by atoms with Crippen LogP contribution in [0.3, 0.4) is 0 Å². The van der Waals surface area contributed by atoms with Gasteiger partial charge in [0, 0.05) is 42.5 Å². The van der Waals surface area contributed by atoms with E-state index < -0.39 is 5.97 Å². The van der Waals surface area contributed by atoms with Crippen LogP contribution in [0, 0.1) is 5.82 Å². The lowest BCUT2D eigenvalue weighted by atomic mass is 9.82. The van der Waals surface area contributed by atoms with Crippen molar-refractivity contribution in [3.05, 3.63) is 100 Å². The highest BCUT2D eigenvalue weighted by Crippen LogP contribution is 2.39. The number of aryl methyl sites for hydroxylation is 2. The van der Waals surface area contributed by atoms with Crippen molar-refractivity contribution in [3.63, 3.8) is 0 Å². The third kappa shape index (κ3) is 6.95. The molecule has 0 amide bonds. The molecular weight excluding hydrogens is 605 g/mol. The van der Waals surface area contributed by atoms with E-state index in [1.807, 2.05) is 36.0 Å². The van der Waals surface area contributed by atoms with E-state index in [1.165, 1.54) is 44.6 Å². The molecule has 0 saturated carbocycles. The van der Waals surface area contributed by atoms with Gasteiger partial charge in [-0.25, -0.2) is 14.2 Å². The number of hydrogen-bond donors (Lipinski definition) is 3. The van der Waals surface area contributed by atoms with Crippen LogP contribution >= 0.6 is 0 Å². The van der Waals surface area contributed by atoms with E-state index in [1.54, 1.807) is 24.3 Å². The molecule has 2 fully saturated rings. The third-order valence-corrected chi connectivity index (χ3v) is 10.8. The van der Waals surface area contributed by atoms with Gasteiger partial charge in [0.1, 0.15) is 11.6 Å². The second kappa shape index (κ2) is 14.0. The molecule has 0 spiro atoms. The highest BCUT2D eigenvalue weighted by molar-refractivity contribution is 5.87. The second-order valence-electron chi connectivity index (χ2n) is 13.8. The summed E-state index contributed by atoms with van der Waals surface area (Å²) in [6.07, 6.45) is 14.2. The molecule has 3 N–H and O–H groups in total. The van der Waals surface area contributed by atoms with Crippen LogP contribution in [0.5, 0.6) is 0 Å². The molecule has 10 heteroatoms. The molecule has 1 aliphatic carbocycles. The van der Waals surface area contributed by atoms with Gasteiger partial charge in [0.05, 0.1) is 29.5 Å². The quantitative estimate of drug-likeness (QED) is 0.153. The monoisotopic (exact) mass is 651 g/mol. The molecule has 2 aliphatic heterocycles. The molecule has 2 aromatic heterocycles. The van der Waals surface area contributed by atoms with Gasteiger partial charge >= 0.3 is 5.97 Å². The van der Waals surface area contributed by atoms with Crippen LogP contribution in [-0.2, 0) is 19.4 Å². The minimum atomic E-state index is -0.945. The minimum absolute atomic E-state index is 0.0196. The van der Waals surface area contributed by atoms with Crippen LogP contribution < -0.4 is 10.6 Å². The summed E-state index contributed by atoms with van der Waals surface area (Å²) in [6.45, 7) is 5.82. The van der Waals surface area contributed by atoms with Gasteiger partial charge in [0.15, 0.2) is 0 Å². The van der Waals surface area contributed by atoms with E-state index in [4.69, 9.17) is 9.97 Å². The largest absolute Gasteiger partial charge is 0.478 e. The number of benzene rings is 2. The predicted molar refractivity (Wildman–Crippen MR) is 185 cm³/mol. The summed E-state index contributed by atoms with van der Waals surface area (Å²) in [5, 5.41) is 21.4. The minimum Gasteiger partial charge on any atom is -0.478 e. The molecule has 4 heterocycles. The number of nitrogens with zero attached hydrogens (tertiary/aromatic N) is 5. The number of rotatable bonds is 11. The van der Waals surface area contributed by atoms with Crippen LogP contribution in [0.25, 0.3) is 0 Å². The van der Waals surface area contributed by atoms with Gasteiger partial charge < -0.3 is 15.7 Å². The maximum Gasteiger partial charge on any atom is 0.335 e. The third-order valence-electron chi connectivity index (χ3n) is 10.8. The summed E-state index contributed by atoms with van der Waals surface area (Å²) in [7, 11) is 0. The van der Waals surface area contributed by atoms with Gasteiger partial charge in [-0.2, -0.15) is 10.1 Å². The fraction of sp³-hybridized carbons (Fsp3) is 0.474. The smallest absolute Gasteiger partial charge is 0.335 e. The van der Waals surface area contributed by atoms with Crippen LogP contribution in [0.4, 0.5) is 16.2 Å². The van der Waals surface area contributed by atoms with Gasteiger partial charge in [0.25, 0.3) is 0 Å². The van der Waals surface area contributed by atoms with Crippen LogP contribution in [0.2, 0.25) is 0 Å². The summed E-state index contributed by atoms with van der Waals surface area (Å²) in [6, 6.07) is 15.0. The van der Waals surface area contributed by atoms with E-state index in [-0.39, 0.29) is 29.4 Å². The maximum atomic E-state index is 14.3. The average Bonchev–Trinajstić information content (AvgIpc) is 3.57. The molecular formula is C38H46FN7O2. The SMILES string of the molecule is CCn1cc([C@H](CN2C3CCCC2CCC3)Nc2nc(N[C@H](C)c3ccc(C(=O)O)cc3)nc3c2C[C@H](c2cccc(F)c2)CC3)cn1. The molecule has 2 bridgehead atoms. The molecule has 3 aliphatic rings. The van der Waals surface area contributed by atoms with Crippen molar-refractivity contribution in [3.8, 4) is 0 Å². The lowest BCUT2D eigenvalue weighted by Gasteiger charge is -2.47. The molecule has 4 aromatic rings.